The molecule has 3 N–H and O–H groups in total. The van der Waals surface area contributed by atoms with Gasteiger partial charge in [-0.05, 0) is 46.3 Å². The number of anilines is 3. The second kappa shape index (κ2) is 6.55. The van der Waals surface area contributed by atoms with Crippen molar-refractivity contribution in [2.75, 3.05) is 23.0 Å². The Balaban J connectivity index is 2.24. The minimum absolute atomic E-state index is 0.125. The Hall–Kier alpha value is -1.44. The SMILES string of the molecule is CN(C(=S)Nc1c(F)cccc1Cl)c1cnc(Br)cc1N. The van der Waals surface area contributed by atoms with Crippen molar-refractivity contribution in [3.8, 4) is 0 Å². The van der Waals surface area contributed by atoms with Crippen molar-refractivity contribution in [1.29, 1.82) is 0 Å². The highest BCUT2D eigenvalue weighted by Crippen LogP contribution is 2.27. The van der Waals surface area contributed by atoms with E-state index in [-0.39, 0.29) is 15.8 Å². The Morgan fingerprint density at radius 3 is 2.86 bits per heavy atom. The van der Waals surface area contributed by atoms with Gasteiger partial charge in [0, 0.05) is 7.05 Å². The molecular formula is C13H11BrClFN4S. The van der Waals surface area contributed by atoms with E-state index in [1.54, 1.807) is 30.3 Å². The Morgan fingerprint density at radius 1 is 1.52 bits per heavy atom. The number of nitrogens with two attached hydrogens (primary N) is 1. The van der Waals surface area contributed by atoms with Crippen LogP contribution >= 0.6 is 39.7 Å². The van der Waals surface area contributed by atoms with E-state index in [2.05, 4.69) is 26.2 Å². The molecule has 21 heavy (non-hydrogen) atoms. The maximum absolute atomic E-state index is 13.7. The average molecular weight is 390 g/mol. The van der Waals surface area contributed by atoms with E-state index in [1.807, 2.05) is 0 Å². The minimum Gasteiger partial charge on any atom is -0.397 e. The molecule has 0 fully saturated rings. The number of halogens is 3. The standard InChI is InChI=1S/C13H11BrClFN4S/c1-20(10-6-18-11(14)5-9(10)17)13(21)19-12-7(15)3-2-4-8(12)16/h2-6H,1H3,(H2,17,18)(H,19,21). The summed E-state index contributed by atoms with van der Waals surface area (Å²) in [5.41, 5.74) is 7.13. The zero-order valence-corrected chi connectivity index (χ0v) is 14.1. The van der Waals surface area contributed by atoms with Crippen molar-refractivity contribution in [3.05, 3.63) is 45.9 Å². The average Bonchev–Trinajstić information content (AvgIpc) is 2.42. The molecule has 0 aliphatic heterocycles. The zero-order valence-electron chi connectivity index (χ0n) is 10.9. The first kappa shape index (κ1) is 15.9. The van der Waals surface area contributed by atoms with Gasteiger partial charge >= 0.3 is 0 Å². The highest BCUT2D eigenvalue weighted by molar-refractivity contribution is 9.10. The maximum Gasteiger partial charge on any atom is 0.177 e. The number of hydrogen-bond donors (Lipinski definition) is 2. The van der Waals surface area contributed by atoms with Crippen molar-refractivity contribution in [3.63, 3.8) is 0 Å². The molecule has 0 atom stereocenters. The molecule has 0 spiro atoms. The number of para-hydroxylation sites is 1. The number of nitrogens with zero attached hydrogens (tertiary/aromatic N) is 2. The lowest BCUT2D eigenvalue weighted by molar-refractivity contribution is 0.632. The van der Waals surface area contributed by atoms with E-state index >= 15 is 0 Å². The molecular weight excluding hydrogens is 379 g/mol. The van der Waals surface area contributed by atoms with Gasteiger partial charge in [0.15, 0.2) is 5.11 Å². The summed E-state index contributed by atoms with van der Waals surface area (Å²) >= 11 is 14.4. The molecule has 8 heteroatoms. The van der Waals surface area contributed by atoms with Crippen LogP contribution in [0, 0.1) is 5.82 Å². The van der Waals surface area contributed by atoms with Gasteiger partial charge in [0.25, 0.3) is 0 Å². The van der Waals surface area contributed by atoms with Crippen LogP contribution in [-0.2, 0) is 0 Å². The number of benzene rings is 1. The largest absolute Gasteiger partial charge is 0.397 e. The van der Waals surface area contributed by atoms with Gasteiger partial charge in [-0.2, -0.15) is 0 Å². The fourth-order valence-corrected chi connectivity index (χ4v) is 2.39. The lowest BCUT2D eigenvalue weighted by Crippen LogP contribution is -2.32. The molecule has 0 unspecified atom stereocenters. The predicted octanol–water partition coefficient (Wildman–Crippen LogP) is 4.05. The molecule has 1 heterocycles. The van der Waals surface area contributed by atoms with Gasteiger partial charge in [0.05, 0.1) is 28.3 Å². The number of aromatic nitrogens is 1. The van der Waals surface area contributed by atoms with Crippen molar-refractivity contribution in [2.45, 2.75) is 0 Å². The highest BCUT2D eigenvalue weighted by Gasteiger charge is 2.14. The molecule has 2 rings (SSSR count). The second-order valence-electron chi connectivity index (χ2n) is 4.15. The quantitative estimate of drug-likeness (QED) is 0.599. The summed E-state index contributed by atoms with van der Waals surface area (Å²) in [7, 11) is 1.70. The van der Waals surface area contributed by atoms with E-state index in [9.17, 15) is 4.39 Å². The first-order valence-corrected chi connectivity index (χ1v) is 7.38. The number of nitrogen functional groups attached to an aromatic ring is 1. The number of hydrogen-bond acceptors (Lipinski definition) is 3. The molecule has 0 aliphatic rings. The fourth-order valence-electron chi connectivity index (χ4n) is 1.63. The molecule has 0 bridgehead atoms. The van der Waals surface area contributed by atoms with Crippen molar-refractivity contribution >= 4 is 61.9 Å². The molecule has 0 amide bonds. The van der Waals surface area contributed by atoms with Crippen LogP contribution < -0.4 is 16.0 Å². The van der Waals surface area contributed by atoms with Crippen LogP contribution in [0.5, 0.6) is 0 Å². The Kier molecular flexibility index (Phi) is 4.97. The summed E-state index contributed by atoms with van der Waals surface area (Å²) < 4.78 is 14.4. The van der Waals surface area contributed by atoms with Crippen LogP contribution in [0.15, 0.2) is 35.1 Å². The molecule has 0 aliphatic carbocycles. The summed E-state index contributed by atoms with van der Waals surface area (Å²) in [6.45, 7) is 0. The summed E-state index contributed by atoms with van der Waals surface area (Å²) in [4.78, 5) is 5.68. The Labute approximate surface area is 140 Å². The summed E-state index contributed by atoms with van der Waals surface area (Å²) in [5.74, 6) is -0.486. The smallest absolute Gasteiger partial charge is 0.177 e. The summed E-state index contributed by atoms with van der Waals surface area (Å²) in [6, 6.07) is 6.05. The van der Waals surface area contributed by atoms with Crippen molar-refractivity contribution in [2.24, 2.45) is 0 Å². The Bertz CT molecular complexity index is 678. The normalized spacial score (nSPS) is 10.3. The third-order valence-electron chi connectivity index (χ3n) is 2.74. The minimum atomic E-state index is -0.486. The third kappa shape index (κ3) is 3.61. The van der Waals surface area contributed by atoms with Gasteiger partial charge in [-0.25, -0.2) is 9.37 Å². The third-order valence-corrected chi connectivity index (χ3v) is 3.87. The van der Waals surface area contributed by atoms with Gasteiger partial charge in [0.1, 0.15) is 10.4 Å². The zero-order chi connectivity index (χ0) is 15.6. The van der Waals surface area contributed by atoms with Crippen LogP contribution in [-0.4, -0.2) is 17.1 Å². The molecule has 2 aromatic rings. The summed E-state index contributed by atoms with van der Waals surface area (Å²) in [5, 5.41) is 3.27. The van der Waals surface area contributed by atoms with Gasteiger partial charge in [-0.3, -0.25) is 0 Å². The first-order valence-electron chi connectivity index (χ1n) is 5.80. The van der Waals surface area contributed by atoms with Crippen LogP contribution in [0.4, 0.5) is 21.5 Å². The maximum atomic E-state index is 13.7. The molecule has 0 saturated heterocycles. The van der Waals surface area contributed by atoms with Crippen LogP contribution in [0.3, 0.4) is 0 Å². The van der Waals surface area contributed by atoms with Gasteiger partial charge in [0.2, 0.25) is 0 Å². The van der Waals surface area contributed by atoms with Crippen LogP contribution in [0.25, 0.3) is 0 Å². The van der Waals surface area contributed by atoms with E-state index < -0.39 is 5.82 Å². The van der Waals surface area contributed by atoms with E-state index in [0.717, 1.165) is 0 Å². The van der Waals surface area contributed by atoms with Crippen molar-refractivity contribution < 1.29 is 4.39 Å². The number of pyridine rings is 1. The molecule has 4 nitrogen and oxygen atoms in total. The topological polar surface area (TPSA) is 54.2 Å². The molecule has 0 saturated carbocycles. The van der Waals surface area contributed by atoms with E-state index in [1.165, 1.54) is 12.1 Å². The van der Waals surface area contributed by atoms with Crippen molar-refractivity contribution in [1.82, 2.24) is 4.98 Å². The van der Waals surface area contributed by atoms with E-state index in [4.69, 9.17) is 29.6 Å². The summed E-state index contributed by atoms with van der Waals surface area (Å²) in [6.07, 6.45) is 1.57. The Morgan fingerprint density at radius 2 is 2.24 bits per heavy atom. The highest BCUT2D eigenvalue weighted by atomic mass is 79.9. The second-order valence-corrected chi connectivity index (χ2v) is 5.76. The monoisotopic (exact) mass is 388 g/mol. The predicted molar refractivity (Wildman–Crippen MR) is 92.4 cm³/mol. The van der Waals surface area contributed by atoms with Gasteiger partial charge in [-0.15, -0.1) is 0 Å². The van der Waals surface area contributed by atoms with E-state index in [0.29, 0.717) is 16.0 Å². The number of nitrogens with one attached hydrogen (secondary N) is 1. The molecule has 0 radical (unpaired) electrons. The molecule has 1 aromatic carbocycles. The number of thiocarbonyl (C=S) groups is 1. The molecule has 1 aromatic heterocycles. The van der Waals surface area contributed by atoms with Gasteiger partial charge in [-0.1, -0.05) is 17.7 Å². The number of rotatable bonds is 2. The lowest BCUT2D eigenvalue weighted by Gasteiger charge is -2.22. The molecule has 110 valence electrons. The lowest BCUT2D eigenvalue weighted by atomic mass is 10.3. The van der Waals surface area contributed by atoms with Gasteiger partial charge < -0.3 is 16.0 Å². The van der Waals surface area contributed by atoms with Crippen LogP contribution in [0.2, 0.25) is 5.02 Å². The van der Waals surface area contributed by atoms with Crippen LogP contribution in [0.1, 0.15) is 0 Å². The first-order chi connectivity index (χ1) is 9.90. The fraction of sp³-hybridized carbons (Fsp3) is 0.0769.